The van der Waals surface area contributed by atoms with E-state index in [-0.39, 0.29) is 11.9 Å². The van der Waals surface area contributed by atoms with Crippen LogP contribution in [-0.2, 0) is 6.54 Å². The van der Waals surface area contributed by atoms with Crippen LogP contribution >= 0.6 is 11.6 Å². The van der Waals surface area contributed by atoms with Gasteiger partial charge < -0.3 is 9.73 Å². The maximum atomic E-state index is 12.8. The average molecular weight is 401 g/mol. The van der Waals surface area contributed by atoms with Crippen LogP contribution in [0.3, 0.4) is 0 Å². The highest BCUT2D eigenvalue weighted by atomic mass is 35.5. The van der Waals surface area contributed by atoms with Gasteiger partial charge in [-0.1, -0.05) is 41.4 Å². The summed E-state index contributed by atoms with van der Waals surface area (Å²) >= 11 is 6.49. The lowest BCUT2D eigenvalue weighted by Gasteiger charge is -2.22. The number of carbonyl (C=O) groups excluding carboxylic acids is 1. The van der Waals surface area contributed by atoms with Crippen molar-refractivity contribution in [2.75, 3.05) is 20.6 Å². The van der Waals surface area contributed by atoms with E-state index in [1.807, 2.05) is 62.3 Å². The SMILES string of the molecule is Cc1ccc(Cn2nc(C)c(C(=O)NCC(c3ccco3)N(C)C)c2Cl)cc1. The van der Waals surface area contributed by atoms with Gasteiger partial charge in [-0.2, -0.15) is 5.10 Å². The molecule has 0 fully saturated rings. The maximum Gasteiger partial charge on any atom is 0.256 e. The Hall–Kier alpha value is -2.57. The maximum absolute atomic E-state index is 12.8. The first-order valence-corrected chi connectivity index (χ1v) is 9.51. The fourth-order valence-electron chi connectivity index (χ4n) is 3.08. The van der Waals surface area contributed by atoms with Gasteiger partial charge in [-0.05, 0) is 45.6 Å². The van der Waals surface area contributed by atoms with Crippen molar-refractivity contribution in [1.29, 1.82) is 0 Å². The summed E-state index contributed by atoms with van der Waals surface area (Å²) in [4.78, 5) is 14.8. The van der Waals surface area contributed by atoms with E-state index in [1.54, 1.807) is 17.9 Å². The van der Waals surface area contributed by atoms with Crippen LogP contribution in [-0.4, -0.2) is 41.2 Å². The van der Waals surface area contributed by atoms with Gasteiger partial charge in [0.1, 0.15) is 10.9 Å². The number of furan rings is 1. The second-order valence-electron chi connectivity index (χ2n) is 7.10. The smallest absolute Gasteiger partial charge is 0.256 e. The summed E-state index contributed by atoms with van der Waals surface area (Å²) in [6.07, 6.45) is 1.63. The molecule has 0 saturated heterocycles. The first-order chi connectivity index (χ1) is 13.4. The summed E-state index contributed by atoms with van der Waals surface area (Å²) < 4.78 is 7.14. The summed E-state index contributed by atoms with van der Waals surface area (Å²) in [6.45, 7) is 4.75. The van der Waals surface area contributed by atoms with Crippen molar-refractivity contribution in [3.8, 4) is 0 Å². The molecule has 0 bridgehead atoms. The Morgan fingerprint density at radius 2 is 1.96 bits per heavy atom. The zero-order chi connectivity index (χ0) is 20.3. The van der Waals surface area contributed by atoms with Gasteiger partial charge in [0.25, 0.3) is 5.91 Å². The normalized spacial score (nSPS) is 12.4. The van der Waals surface area contributed by atoms with E-state index < -0.39 is 0 Å². The van der Waals surface area contributed by atoms with Crippen molar-refractivity contribution in [1.82, 2.24) is 20.0 Å². The van der Waals surface area contributed by atoms with E-state index in [2.05, 4.69) is 10.4 Å². The van der Waals surface area contributed by atoms with Crippen LogP contribution in [0, 0.1) is 13.8 Å². The Bertz CT molecular complexity index is 930. The largest absolute Gasteiger partial charge is 0.468 e. The third kappa shape index (κ3) is 4.46. The van der Waals surface area contributed by atoms with Crippen molar-refractivity contribution >= 4 is 17.5 Å². The molecule has 2 aromatic heterocycles. The lowest BCUT2D eigenvalue weighted by molar-refractivity contribution is 0.0938. The van der Waals surface area contributed by atoms with Gasteiger partial charge in [0.05, 0.1) is 30.1 Å². The summed E-state index contributed by atoms with van der Waals surface area (Å²) in [6, 6.07) is 11.8. The molecule has 1 N–H and O–H groups in total. The standard InChI is InChI=1S/C21H25ClN4O2/c1-14-7-9-16(10-8-14)13-26-20(22)19(15(2)24-26)21(27)23-12-17(25(3)4)18-6-5-11-28-18/h5-11,17H,12-13H2,1-4H3,(H,23,27). The molecular formula is C21H25ClN4O2. The predicted molar refractivity (Wildman–Crippen MR) is 110 cm³/mol. The zero-order valence-corrected chi connectivity index (χ0v) is 17.3. The lowest BCUT2D eigenvalue weighted by atomic mass is 10.1. The number of aryl methyl sites for hydroxylation is 2. The predicted octanol–water partition coefficient (Wildman–Crippen LogP) is 3.83. The fraction of sp³-hybridized carbons (Fsp3) is 0.333. The number of halogens is 1. The number of carbonyl (C=O) groups is 1. The molecular weight excluding hydrogens is 376 g/mol. The Morgan fingerprint density at radius 1 is 1.25 bits per heavy atom. The molecule has 28 heavy (non-hydrogen) atoms. The Morgan fingerprint density at radius 3 is 2.57 bits per heavy atom. The quantitative estimate of drug-likeness (QED) is 0.654. The van der Waals surface area contributed by atoms with Gasteiger partial charge >= 0.3 is 0 Å². The molecule has 3 rings (SSSR count). The van der Waals surface area contributed by atoms with Crippen LogP contribution < -0.4 is 5.32 Å². The fourth-order valence-corrected chi connectivity index (χ4v) is 3.40. The lowest BCUT2D eigenvalue weighted by Crippen LogP contribution is -2.34. The highest BCUT2D eigenvalue weighted by Crippen LogP contribution is 2.22. The van der Waals surface area contributed by atoms with Crippen molar-refractivity contribution in [2.45, 2.75) is 26.4 Å². The van der Waals surface area contributed by atoms with Crippen LogP contribution in [0.1, 0.15) is 39.0 Å². The van der Waals surface area contributed by atoms with Crippen molar-refractivity contribution in [3.63, 3.8) is 0 Å². The summed E-state index contributed by atoms with van der Waals surface area (Å²) in [7, 11) is 3.88. The minimum Gasteiger partial charge on any atom is -0.468 e. The molecule has 1 atom stereocenters. The number of hydrogen-bond donors (Lipinski definition) is 1. The molecule has 6 nitrogen and oxygen atoms in total. The van der Waals surface area contributed by atoms with Crippen LogP contribution in [0.15, 0.2) is 47.1 Å². The molecule has 7 heteroatoms. The van der Waals surface area contributed by atoms with Crippen LogP contribution in [0.5, 0.6) is 0 Å². The molecule has 3 aromatic rings. The van der Waals surface area contributed by atoms with Crippen molar-refractivity contribution in [2.24, 2.45) is 0 Å². The second kappa shape index (κ2) is 8.63. The van der Waals surface area contributed by atoms with E-state index in [0.717, 1.165) is 11.3 Å². The summed E-state index contributed by atoms with van der Waals surface area (Å²) in [5.41, 5.74) is 3.28. The molecule has 1 amide bonds. The summed E-state index contributed by atoms with van der Waals surface area (Å²) in [5.74, 6) is 0.555. The highest BCUT2D eigenvalue weighted by molar-refractivity contribution is 6.33. The second-order valence-corrected chi connectivity index (χ2v) is 7.46. The molecule has 1 aromatic carbocycles. The Labute approximate surface area is 170 Å². The van der Waals surface area contributed by atoms with Gasteiger partial charge in [0, 0.05) is 6.54 Å². The third-order valence-electron chi connectivity index (χ3n) is 4.70. The van der Waals surface area contributed by atoms with Gasteiger partial charge in [-0.3, -0.25) is 9.69 Å². The van der Waals surface area contributed by atoms with Gasteiger partial charge in [-0.15, -0.1) is 0 Å². The number of aromatic nitrogens is 2. The molecule has 0 aliphatic heterocycles. The molecule has 0 aliphatic carbocycles. The monoisotopic (exact) mass is 400 g/mol. The number of nitrogens with one attached hydrogen (secondary N) is 1. The number of rotatable bonds is 7. The van der Waals surface area contributed by atoms with Gasteiger partial charge in [0.15, 0.2) is 0 Å². The van der Waals surface area contributed by atoms with Crippen LogP contribution in [0.2, 0.25) is 5.15 Å². The molecule has 1 unspecified atom stereocenters. The van der Waals surface area contributed by atoms with Crippen molar-refractivity contribution in [3.05, 3.63) is 76.0 Å². The Kier molecular flexibility index (Phi) is 6.21. The molecule has 0 spiro atoms. The Balaban J connectivity index is 1.73. The zero-order valence-electron chi connectivity index (χ0n) is 16.6. The first kappa shape index (κ1) is 20.2. The average Bonchev–Trinajstić information content (AvgIpc) is 3.25. The summed E-state index contributed by atoms with van der Waals surface area (Å²) in [5, 5.41) is 7.76. The number of hydrogen-bond acceptors (Lipinski definition) is 4. The van der Waals surface area contributed by atoms with E-state index in [9.17, 15) is 4.79 Å². The van der Waals surface area contributed by atoms with Crippen LogP contribution in [0.4, 0.5) is 0 Å². The molecule has 0 aliphatic rings. The molecule has 0 radical (unpaired) electrons. The molecule has 2 heterocycles. The topological polar surface area (TPSA) is 63.3 Å². The molecule has 0 saturated carbocycles. The van der Waals surface area contributed by atoms with E-state index in [4.69, 9.17) is 16.0 Å². The molecule has 148 valence electrons. The number of likely N-dealkylation sites (N-methyl/N-ethyl adjacent to an activating group) is 1. The van der Waals surface area contributed by atoms with E-state index in [1.165, 1.54) is 5.56 Å². The van der Waals surface area contributed by atoms with E-state index in [0.29, 0.717) is 29.5 Å². The third-order valence-corrected chi connectivity index (χ3v) is 5.08. The van der Waals surface area contributed by atoms with Gasteiger partial charge in [-0.25, -0.2) is 4.68 Å². The first-order valence-electron chi connectivity index (χ1n) is 9.13. The van der Waals surface area contributed by atoms with Crippen LogP contribution in [0.25, 0.3) is 0 Å². The number of benzene rings is 1. The van der Waals surface area contributed by atoms with E-state index >= 15 is 0 Å². The minimum absolute atomic E-state index is 0.0689. The number of nitrogens with zero attached hydrogens (tertiary/aromatic N) is 3. The minimum atomic E-state index is -0.240. The highest BCUT2D eigenvalue weighted by Gasteiger charge is 2.23. The number of amides is 1. The van der Waals surface area contributed by atoms with Crippen molar-refractivity contribution < 1.29 is 9.21 Å². The van der Waals surface area contributed by atoms with Gasteiger partial charge in [0.2, 0.25) is 0 Å².